The molecule has 1 aliphatic heterocycles. The SMILES string of the molecule is CC(C)CC(C(=O)NC1CCCN(S(=O)(=O)c2ccccn2)C[C@@H]1O)N(C)Cc1ccc2ccccc2c1. The Hall–Kier alpha value is -2.85. The molecule has 1 saturated heterocycles. The lowest BCUT2D eigenvalue weighted by molar-refractivity contribution is -0.128. The van der Waals surface area contributed by atoms with Crippen LogP contribution in [0.4, 0.5) is 0 Å². The molecule has 0 radical (unpaired) electrons. The molecule has 1 aliphatic rings. The van der Waals surface area contributed by atoms with Gasteiger partial charge >= 0.3 is 0 Å². The van der Waals surface area contributed by atoms with Crippen molar-refractivity contribution in [2.45, 2.75) is 62.9 Å². The second-order valence-electron chi connectivity index (χ2n) is 10.6. The van der Waals surface area contributed by atoms with Gasteiger partial charge in [0, 0.05) is 25.8 Å². The van der Waals surface area contributed by atoms with E-state index in [4.69, 9.17) is 0 Å². The number of aromatic nitrogens is 1. The van der Waals surface area contributed by atoms with Gasteiger partial charge in [0.25, 0.3) is 10.0 Å². The number of pyridine rings is 1. The molecule has 4 rings (SSSR count). The van der Waals surface area contributed by atoms with Crippen molar-refractivity contribution >= 4 is 26.7 Å². The lowest BCUT2D eigenvalue weighted by Crippen LogP contribution is -2.53. The van der Waals surface area contributed by atoms with Crippen LogP contribution in [0.2, 0.25) is 0 Å². The predicted molar refractivity (Wildman–Crippen MR) is 149 cm³/mol. The first-order chi connectivity index (χ1) is 18.1. The molecule has 1 amide bonds. The van der Waals surface area contributed by atoms with E-state index in [1.54, 1.807) is 12.1 Å². The molecule has 2 heterocycles. The average Bonchev–Trinajstić information content (AvgIpc) is 3.09. The normalized spacial score (nSPS) is 19.9. The smallest absolute Gasteiger partial charge is 0.260 e. The number of rotatable bonds is 9. The molecule has 204 valence electrons. The number of hydrogen-bond acceptors (Lipinski definition) is 6. The number of amides is 1. The highest BCUT2D eigenvalue weighted by Crippen LogP contribution is 2.22. The van der Waals surface area contributed by atoms with E-state index in [9.17, 15) is 18.3 Å². The number of nitrogens with one attached hydrogen (secondary N) is 1. The quantitative estimate of drug-likeness (QED) is 0.433. The van der Waals surface area contributed by atoms with Crippen molar-refractivity contribution in [3.63, 3.8) is 0 Å². The summed E-state index contributed by atoms with van der Waals surface area (Å²) in [5.41, 5.74) is 1.12. The van der Waals surface area contributed by atoms with Crippen molar-refractivity contribution in [3.8, 4) is 0 Å². The van der Waals surface area contributed by atoms with Crippen molar-refractivity contribution in [1.82, 2.24) is 19.5 Å². The second-order valence-corrected chi connectivity index (χ2v) is 12.5. The summed E-state index contributed by atoms with van der Waals surface area (Å²) in [4.78, 5) is 19.6. The minimum absolute atomic E-state index is 0.0398. The van der Waals surface area contributed by atoms with Crippen LogP contribution in [0.5, 0.6) is 0 Å². The third-order valence-corrected chi connectivity index (χ3v) is 8.90. The van der Waals surface area contributed by atoms with Crippen molar-refractivity contribution in [2.24, 2.45) is 5.92 Å². The Morgan fingerprint density at radius 1 is 1.13 bits per heavy atom. The number of carbonyl (C=O) groups is 1. The van der Waals surface area contributed by atoms with E-state index in [1.807, 2.05) is 19.2 Å². The summed E-state index contributed by atoms with van der Waals surface area (Å²) in [5, 5.41) is 16.3. The fraction of sp³-hybridized carbons (Fsp3) is 0.448. The van der Waals surface area contributed by atoms with Crippen LogP contribution in [0.1, 0.15) is 38.7 Å². The molecule has 2 aromatic carbocycles. The van der Waals surface area contributed by atoms with Gasteiger partial charge in [0.1, 0.15) is 0 Å². The van der Waals surface area contributed by atoms with Gasteiger partial charge < -0.3 is 10.4 Å². The maximum Gasteiger partial charge on any atom is 0.260 e. The Labute approximate surface area is 225 Å². The van der Waals surface area contributed by atoms with Crippen molar-refractivity contribution < 1.29 is 18.3 Å². The predicted octanol–water partition coefficient (Wildman–Crippen LogP) is 3.41. The molecule has 1 aromatic heterocycles. The molecule has 2 N–H and O–H groups in total. The minimum atomic E-state index is -3.82. The Morgan fingerprint density at radius 2 is 1.87 bits per heavy atom. The van der Waals surface area contributed by atoms with Gasteiger partial charge in [-0.1, -0.05) is 56.3 Å². The van der Waals surface area contributed by atoms with E-state index in [1.165, 1.54) is 22.0 Å². The molecule has 38 heavy (non-hydrogen) atoms. The Bertz CT molecular complexity index is 1330. The monoisotopic (exact) mass is 538 g/mol. The maximum absolute atomic E-state index is 13.5. The molecular formula is C29H38N4O4S. The van der Waals surface area contributed by atoms with E-state index < -0.39 is 22.2 Å². The molecule has 1 fully saturated rings. The lowest BCUT2D eigenvalue weighted by atomic mass is 9.99. The summed E-state index contributed by atoms with van der Waals surface area (Å²) < 4.78 is 27.4. The third kappa shape index (κ3) is 6.77. The number of aliphatic hydroxyl groups is 1. The molecule has 3 atom stereocenters. The molecule has 0 saturated carbocycles. The lowest BCUT2D eigenvalue weighted by Gasteiger charge is -2.31. The summed E-state index contributed by atoms with van der Waals surface area (Å²) in [5.74, 6) is 0.148. The van der Waals surface area contributed by atoms with Crippen LogP contribution in [0.15, 0.2) is 71.9 Å². The zero-order valence-electron chi connectivity index (χ0n) is 22.3. The number of hydrogen-bond donors (Lipinski definition) is 2. The molecule has 0 bridgehead atoms. The van der Waals surface area contributed by atoms with E-state index in [2.05, 4.69) is 59.4 Å². The first kappa shape index (κ1) is 28.2. The fourth-order valence-electron chi connectivity index (χ4n) is 5.07. The van der Waals surface area contributed by atoms with E-state index >= 15 is 0 Å². The molecule has 9 heteroatoms. The van der Waals surface area contributed by atoms with E-state index in [0.717, 1.165) is 10.9 Å². The van der Waals surface area contributed by atoms with E-state index in [0.29, 0.717) is 31.7 Å². The van der Waals surface area contributed by atoms with Gasteiger partial charge in [0.05, 0.1) is 18.2 Å². The second kappa shape index (κ2) is 12.3. The number of aliphatic hydroxyl groups excluding tert-OH is 1. The average molecular weight is 539 g/mol. The summed E-state index contributed by atoms with van der Waals surface area (Å²) in [7, 11) is -1.87. The van der Waals surface area contributed by atoms with Gasteiger partial charge in [0.2, 0.25) is 5.91 Å². The Balaban J connectivity index is 1.44. The van der Waals surface area contributed by atoms with Gasteiger partial charge in [-0.2, -0.15) is 4.31 Å². The van der Waals surface area contributed by atoms with E-state index in [-0.39, 0.29) is 30.1 Å². The Morgan fingerprint density at radius 3 is 2.58 bits per heavy atom. The van der Waals surface area contributed by atoms with Crippen LogP contribution < -0.4 is 5.32 Å². The van der Waals surface area contributed by atoms with Crippen LogP contribution in [0.25, 0.3) is 10.8 Å². The standard InChI is InChI=1S/C29H38N4O4S/c1-21(2)17-26(32(3)19-22-13-14-23-9-4-5-10-24(23)18-22)29(35)31-25-11-8-16-33(20-27(25)34)38(36,37)28-12-6-7-15-30-28/h4-7,9-10,12-15,18,21,25-27,34H,8,11,16-17,19-20H2,1-3H3,(H,31,35)/t25?,26?,27-/m0/s1. The van der Waals surface area contributed by atoms with Crippen LogP contribution in [0.3, 0.4) is 0 Å². The zero-order chi connectivity index (χ0) is 27.3. The Kier molecular flexibility index (Phi) is 9.15. The largest absolute Gasteiger partial charge is 0.390 e. The highest BCUT2D eigenvalue weighted by molar-refractivity contribution is 7.89. The van der Waals surface area contributed by atoms with Gasteiger partial charge in [-0.15, -0.1) is 0 Å². The van der Waals surface area contributed by atoms with Crippen molar-refractivity contribution in [2.75, 3.05) is 20.1 Å². The number of nitrogens with zero attached hydrogens (tertiary/aromatic N) is 3. The molecule has 8 nitrogen and oxygen atoms in total. The fourth-order valence-corrected chi connectivity index (χ4v) is 6.50. The van der Waals surface area contributed by atoms with Crippen molar-refractivity contribution in [3.05, 3.63) is 72.4 Å². The van der Waals surface area contributed by atoms with Gasteiger partial charge in [-0.05, 0) is 66.8 Å². The number of fused-ring (bicyclic) bond motifs is 1. The molecular weight excluding hydrogens is 500 g/mol. The molecule has 2 unspecified atom stereocenters. The van der Waals surface area contributed by atoms with Crippen LogP contribution in [-0.4, -0.2) is 71.9 Å². The number of carbonyl (C=O) groups excluding carboxylic acids is 1. The van der Waals surface area contributed by atoms with Gasteiger partial charge in [-0.25, -0.2) is 13.4 Å². The highest BCUT2D eigenvalue weighted by atomic mass is 32.2. The summed E-state index contributed by atoms with van der Waals surface area (Å²) >= 11 is 0. The van der Waals surface area contributed by atoms with Crippen LogP contribution in [0, 0.1) is 5.92 Å². The topological polar surface area (TPSA) is 103 Å². The highest BCUT2D eigenvalue weighted by Gasteiger charge is 2.35. The number of benzene rings is 2. The van der Waals surface area contributed by atoms with Crippen molar-refractivity contribution in [1.29, 1.82) is 0 Å². The maximum atomic E-state index is 13.5. The molecule has 3 aromatic rings. The first-order valence-corrected chi connectivity index (χ1v) is 14.7. The molecule has 0 aliphatic carbocycles. The number of β-amino-alcohol motifs (C(OH)–C–C–N with tert-alkyl or cyclic N) is 1. The first-order valence-electron chi connectivity index (χ1n) is 13.2. The van der Waals surface area contributed by atoms with Gasteiger partial charge in [0.15, 0.2) is 5.03 Å². The van der Waals surface area contributed by atoms with Crippen LogP contribution >= 0.6 is 0 Å². The number of likely N-dealkylation sites (N-methyl/N-ethyl adjacent to an activating group) is 1. The van der Waals surface area contributed by atoms with Crippen LogP contribution in [-0.2, 0) is 21.4 Å². The summed E-state index contributed by atoms with van der Waals surface area (Å²) in [6, 6.07) is 18.4. The third-order valence-electron chi connectivity index (χ3n) is 7.12. The number of sulfonamides is 1. The van der Waals surface area contributed by atoms with Gasteiger partial charge in [-0.3, -0.25) is 9.69 Å². The molecule has 0 spiro atoms. The summed E-state index contributed by atoms with van der Waals surface area (Å²) in [6.45, 7) is 4.96. The minimum Gasteiger partial charge on any atom is -0.390 e. The zero-order valence-corrected chi connectivity index (χ0v) is 23.1. The summed E-state index contributed by atoms with van der Waals surface area (Å²) in [6.07, 6.45) is 2.09.